The van der Waals surface area contributed by atoms with Crippen molar-refractivity contribution < 1.29 is 14.2 Å². The highest BCUT2D eigenvalue weighted by molar-refractivity contribution is 5.93. The number of nitrogens with one attached hydrogen (secondary N) is 3. The maximum absolute atomic E-state index is 5.77. The topological polar surface area (TPSA) is 76.1 Å². The molecule has 0 unspecified atom stereocenters. The summed E-state index contributed by atoms with van der Waals surface area (Å²) in [7, 11) is 1.70. The largest absolute Gasteiger partial charge is 0.490 e. The van der Waals surface area contributed by atoms with Gasteiger partial charge < -0.3 is 30.2 Å². The number of nitrogens with zero attached hydrogens (tertiary/aromatic N) is 1. The third-order valence-corrected chi connectivity index (χ3v) is 4.36. The number of methoxy groups -OCH3 is 1. The molecule has 0 bridgehead atoms. The third kappa shape index (κ3) is 6.57. The van der Waals surface area contributed by atoms with Crippen molar-refractivity contribution in [2.45, 2.75) is 19.9 Å². The van der Waals surface area contributed by atoms with Crippen molar-refractivity contribution in [3.05, 3.63) is 48.0 Å². The number of rotatable bonds is 8. The predicted molar refractivity (Wildman–Crippen MR) is 117 cm³/mol. The van der Waals surface area contributed by atoms with Crippen LogP contribution in [0.3, 0.4) is 0 Å². The van der Waals surface area contributed by atoms with Crippen molar-refractivity contribution in [3.8, 4) is 11.5 Å². The molecule has 0 aliphatic carbocycles. The first-order valence-corrected chi connectivity index (χ1v) is 10.0. The fourth-order valence-corrected chi connectivity index (χ4v) is 2.88. The summed E-state index contributed by atoms with van der Waals surface area (Å²) in [5, 5.41) is 9.94. The molecule has 0 saturated heterocycles. The van der Waals surface area contributed by atoms with Gasteiger partial charge in [0, 0.05) is 44.1 Å². The Labute approximate surface area is 172 Å². The Morgan fingerprint density at radius 1 is 1.03 bits per heavy atom. The molecule has 156 valence electrons. The van der Waals surface area contributed by atoms with E-state index in [-0.39, 0.29) is 0 Å². The average molecular weight is 399 g/mol. The zero-order valence-corrected chi connectivity index (χ0v) is 17.2. The van der Waals surface area contributed by atoms with Gasteiger partial charge in [0.25, 0.3) is 0 Å². The summed E-state index contributed by atoms with van der Waals surface area (Å²) >= 11 is 0. The summed E-state index contributed by atoms with van der Waals surface area (Å²) in [6, 6.07) is 14.1. The molecule has 0 fully saturated rings. The highest BCUT2D eigenvalue weighted by atomic mass is 16.5. The molecule has 0 saturated carbocycles. The van der Waals surface area contributed by atoms with E-state index in [0.29, 0.717) is 26.4 Å². The number of ether oxygens (including phenoxy) is 3. The Kier molecular flexibility index (Phi) is 8.01. The molecule has 3 rings (SSSR count). The molecule has 1 heterocycles. The molecule has 2 aromatic carbocycles. The van der Waals surface area contributed by atoms with Gasteiger partial charge in [0.05, 0.1) is 26.4 Å². The second-order valence-electron chi connectivity index (χ2n) is 6.65. The van der Waals surface area contributed by atoms with Gasteiger partial charge in [0.1, 0.15) is 0 Å². The van der Waals surface area contributed by atoms with E-state index in [2.05, 4.69) is 40.2 Å². The summed E-state index contributed by atoms with van der Waals surface area (Å²) in [5.41, 5.74) is 3.12. The van der Waals surface area contributed by atoms with Crippen molar-refractivity contribution in [2.24, 2.45) is 4.99 Å². The van der Waals surface area contributed by atoms with Crippen molar-refractivity contribution >= 4 is 17.3 Å². The van der Waals surface area contributed by atoms with E-state index in [1.807, 2.05) is 25.1 Å². The maximum atomic E-state index is 5.77. The monoisotopic (exact) mass is 398 g/mol. The number of fused-ring (bicyclic) bond motifs is 1. The molecule has 0 atom stereocenters. The summed E-state index contributed by atoms with van der Waals surface area (Å²) in [6.07, 6.45) is 0.891. The number of hydrogen-bond donors (Lipinski definition) is 3. The first-order chi connectivity index (χ1) is 14.3. The Morgan fingerprint density at radius 2 is 1.79 bits per heavy atom. The Hall–Kier alpha value is -2.93. The lowest BCUT2D eigenvalue weighted by atomic mass is 10.2. The first kappa shape index (κ1) is 20.8. The normalized spacial score (nSPS) is 13.5. The quantitative estimate of drug-likeness (QED) is 0.359. The molecule has 2 aromatic rings. The molecule has 3 N–H and O–H groups in total. The van der Waals surface area contributed by atoms with Crippen LogP contribution < -0.4 is 25.4 Å². The lowest BCUT2D eigenvalue weighted by Crippen LogP contribution is -2.30. The zero-order chi connectivity index (χ0) is 20.3. The smallest absolute Gasteiger partial charge is 0.196 e. The second-order valence-corrected chi connectivity index (χ2v) is 6.65. The van der Waals surface area contributed by atoms with Gasteiger partial charge in [-0.1, -0.05) is 12.1 Å². The summed E-state index contributed by atoms with van der Waals surface area (Å²) < 4.78 is 16.5. The molecule has 29 heavy (non-hydrogen) atoms. The van der Waals surface area contributed by atoms with Crippen LogP contribution in [0.1, 0.15) is 18.9 Å². The van der Waals surface area contributed by atoms with E-state index < -0.39 is 0 Å². The first-order valence-electron chi connectivity index (χ1n) is 10.0. The van der Waals surface area contributed by atoms with E-state index in [4.69, 9.17) is 19.2 Å². The van der Waals surface area contributed by atoms with Crippen molar-refractivity contribution in [3.63, 3.8) is 0 Å². The molecule has 0 spiro atoms. The fraction of sp³-hybridized carbons (Fsp3) is 0.409. The van der Waals surface area contributed by atoms with Crippen LogP contribution in [0.25, 0.3) is 0 Å². The SMILES string of the molecule is CCNC(=NCc1ccc(NCCOC)cc1)Nc1ccc2c(c1)OCCCO2. The minimum Gasteiger partial charge on any atom is -0.490 e. The molecule has 7 heteroatoms. The minimum atomic E-state index is 0.582. The minimum absolute atomic E-state index is 0.582. The number of aliphatic imine (C=N–C) groups is 1. The molecule has 7 nitrogen and oxygen atoms in total. The van der Waals surface area contributed by atoms with Gasteiger partial charge in [0.2, 0.25) is 0 Å². The van der Waals surface area contributed by atoms with Crippen LogP contribution in [0.5, 0.6) is 11.5 Å². The second kappa shape index (κ2) is 11.2. The Bertz CT molecular complexity index is 793. The van der Waals surface area contributed by atoms with E-state index in [1.54, 1.807) is 7.11 Å². The van der Waals surface area contributed by atoms with Crippen molar-refractivity contribution in [1.82, 2.24) is 5.32 Å². The maximum Gasteiger partial charge on any atom is 0.196 e. The fourth-order valence-electron chi connectivity index (χ4n) is 2.88. The van der Waals surface area contributed by atoms with Gasteiger partial charge in [-0.2, -0.15) is 0 Å². The number of anilines is 2. The molecule has 1 aliphatic rings. The number of guanidine groups is 1. The Balaban J connectivity index is 1.62. The van der Waals surface area contributed by atoms with Gasteiger partial charge in [0.15, 0.2) is 17.5 Å². The lowest BCUT2D eigenvalue weighted by Gasteiger charge is -2.14. The number of benzene rings is 2. The van der Waals surface area contributed by atoms with Gasteiger partial charge >= 0.3 is 0 Å². The number of hydrogen-bond acceptors (Lipinski definition) is 5. The van der Waals surface area contributed by atoms with Crippen molar-refractivity contribution in [2.75, 3.05) is 50.7 Å². The van der Waals surface area contributed by atoms with Gasteiger partial charge in [-0.05, 0) is 36.8 Å². The van der Waals surface area contributed by atoms with E-state index in [9.17, 15) is 0 Å². The standard InChI is InChI=1S/C22H30N4O3/c1-3-23-22(25-16-17-5-7-18(8-6-17)24-11-14-27-2)26-19-9-10-20-21(15-19)29-13-4-12-28-20/h5-10,15,24H,3-4,11-14,16H2,1-2H3,(H2,23,25,26). The zero-order valence-electron chi connectivity index (χ0n) is 17.2. The van der Waals surface area contributed by atoms with Gasteiger partial charge in [-0.3, -0.25) is 0 Å². The van der Waals surface area contributed by atoms with Crippen LogP contribution in [0.2, 0.25) is 0 Å². The van der Waals surface area contributed by atoms with Crippen LogP contribution in [-0.2, 0) is 11.3 Å². The molecule has 0 radical (unpaired) electrons. The van der Waals surface area contributed by atoms with Crippen LogP contribution in [-0.4, -0.2) is 46.0 Å². The van der Waals surface area contributed by atoms with Crippen molar-refractivity contribution in [1.29, 1.82) is 0 Å². The van der Waals surface area contributed by atoms with E-state index in [0.717, 1.165) is 53.9 Å². The molecule has 0 amide bonds. The molecule has 1 aliphatic heterocycles. The van der Waals surface area contributed by atoms with Gasteiger partial charge in [-0.25, -0.2) is 4.99 Å². The van der Waals surface area contributed by atoms with E-state index >= 15 is 0 Å². The summed E-state index contributed by atoms with van der Waals surface area (Å²) in [6.45, 7) is 6.23. The summed E-state index contributed by atoms with van der Waals surface area (Å²) in [5.74, 6) is 2.28. The van der Waals surface area contributed by atoms with Crippen LogP contribution in [0.4, 0.5) is 11.4 Å². The third-order valence-electron chi connectivity index (χ3n) is 4.36. The predicted octanol–water partition coefficient (Wildman–Crippen LogP) is 3.48. The highest BCUT2D eigenvalue weighted by Crippen LogP contribution is 2.32. The van der Waals surface area contributed by atoms with E-state index in [1.165, 1.54) is 0 Å². The van der Waals surface area contributed by atoms with Crippen LogP contribution in [0.15, 0.2) is 47.5 Å². The Morgan fingerprint density at radius 3 is 2.55 bits per heavy atom. The molecular weight excluding hydrogens is 368 g/mol. The lowest BCUT2D eigenvalue weighted by molar-refractivity contribution is 0.211. The highest BCUT2D eigenvalue weighted by Gasteiger charge is 2.11. The summed E-state index contributed by atoms with van der Waals surface area (Å²) in [4.78, 5) is 4.70. The average Bonchev–Trinajstić information content (AvgIpc) is 2.98. The van der Waals surface area contributed by atoms with Crippen LogP contribution >= 0.6 is 0 Å². The van der Waals surface area contributed by atoms with Gasteiger partial charge in [-0.15, -0.1) is 0 Å². The van der Waals surface area contributed by atoms with Crippen LogP contribution in [0, 0.1) is 0 Å². The molecule has 0 aromatic heterocycles. The molecular formula is C22H30N4O3.